The van der Waals surface area contributed by atoms with Crippen LogP contribution in [0, 0.1) is 19.8 Å². The molecule has 1 aromatic heterocycles. The Morgan fingerprint density at radius 3 is 2.63 bits per heavy atom. The lowest BCUT2D eigenvalue weighted by Crippen LogP contribution is -2.44. The molecule has 0 radical (unpaired) electrons. The first-order valence-corrected chi connectivity index (χ1v) is 12.2. The number of amides is 1. The van der Waals surface area contributed by atoms with E-state index in [2.05, 4.69) is 15.0 Å². The Bertz CT molecular complexity index is 1190. The Kier molecular flexibility index (Phi) is 6.81. The van der Waals surface area contributed by atoms with E-state index < -0.39 is 22.0 Å². The molecule has 0 aliphatic heterocycles. The van der Waals surface area contributed by atoms with E-state index in [1.807, 2.05) is 20.8 Å². The van der Waals surface area contributed by atoms with Crippen molar-refractivity contribution in [3.05, 3.63) is 52.0 Å². The van der Waals surface area contributed by atoms with Crippen LogP contribution in [0.1, 0.15) is 30.8 Å². The Morgan fingerprint density at radius 2 is 1.93 bits per heavy atom. The van der Waals surface area contributed by atoms with Crippen molar-refractivity contribution in [1.29, 1.82) is 0 Å². The molecule has 1 heterocycles. The number of carbonyl (C=O) groups excluding carboxylic acids is 1. The number of halogens is 1. The summed E-state index contributed by atoms with van der Waals surface area (Å²) in [6.45, 7) is 7.54. The minimum absolute atomic E-state index is 0.107. The van der Waals surface area contributed by atoms with Gasteiger partial charge in [-0.05, 0) is 62.1 Å². The van der Waals surface area contributed by atoms with E-state index in [-0.39, 0.29) is 10.8 Å². The second-order valence-corrected chi connectivity index (χ2v) is 10.9. The van der Waals surface area contributed by atoms with Crippen LogP contribution in [0.25, 0.3) is 10.2 Å². The smallest absolute Gasteiger partial charge is 0.242 e. The van der Waals surface area contributed by atoms with Gasteiger partial charge in [0.2, 0.25) is 15.9 Å². The third kappa shape index (κ3) is 5.18. The Morgan fingerprint density at radius 1 is 1.20 bits per heavy atom. The highest BCUT2D eigenvalue weighted by molar-refractivity contribution is 7.89. The Hall–Kier alpha value is -2.00. The monoisotopic (exact) mass is 465 g/mol. The van der Waals surface area contributed by atoms with Crippen LogP contribution in [-0.4, -0.2) is 25.4 Å². The Labute approximate surface area is 185 Å². The number of thiazole rings is 1. The molecule has 2 N–H and O–H groups in total. The van der Waals surface area contributed by atoms with Crippen LogP contribution in [0.4, 0.5) is 5.69 Å². The van der Waals surface area contributed by atoms with Crippen molar-refractivity contribution in [2.45, 2.75) is 45.1 Å². The molecule has 9 heteroatoms. The van der Waals surface area contributed by atoms with Crippen molar-refractivity contribution >= 4 is 54.8 Å². The van der Waals surface area contributed by atoms with Crippen LogP contribution in [-0.2, 0) is 14.8 Å². The summed E-state index contributed by atoms with van der Waals surface area (Å²) in [6, 6.07) is 9.06. The summed E-state index contributed by atoms with van der Waals surface area (Å²) in [5.74, 6) is -0.317. The average molecular weight is 466 g/mol. The number of nitrogens with zero attached hydrogens (tertiary/aromatic N) is 1. The molecule has 0 saturated heterocycles. The van der Waals surface area contributed by atoms with Gasteiger partial charge in [0, 0.05) is 10.7 Å². The highest BCUT2D eigenvalue weighted by Crippen LogP contribution is 2.26. The van der Waals surface area contributed by atoms with Gasteiger partial charge in [0.1, 0.15) is 6.04 Å². The first kappa shape index (κ1) is 22.7. The molecule has 0 fully saturated rings. The second-order valence-electron chi connectivity index (χ2n) is 7.57. The van der Waals surface area contributed by atoms with Crippen molar-refractivity contribution in [3.8, 4) is 0 Å². The molecule has 2 aromatic carbocycles. The molecule has 3 rings (SSSR count). The third-order valence-electron chi connectivity index (χ3n) is 4.62. The molecular weight excluding hydrogens is 442 g/mol. The third-order valence-corrected chi connectivity index (χ3v) is 7.44. The zero-order valence-electron chi connectivity index (χ0n) is 17.2. The predicted molar refractivity (Wildman–Crippen MR) is 123 cm³/mol. The number of anilines is 1. The van der Waals surface area contributed by atoms with Crippen molar-refractivity contribution in [2.24, 2.45) is 5.92 Å². The number of aromatic nitrogens is 1. The molecule has 1 amide bonds. The fraction of sp³-hybridized carbons (Fsp3) is 0.333. The van der Waals surface area contributed by atoms with Gasteiger partial charge in [0.05, 0.1) is 20.1 Å². The molecular formula is C21H24ClN3O3S2. The van der Waals surface area contributed by atoms with Gasteiger partial charge in [-0.25, -0.2) is 13.4 Å². The predicted octanol–water partition coefficient (Wildman–Crippen LogP) is 4.90. The average Bonchev–Trinajstić information content (AvgIpc) is 3.03. The van der Waals surface area contributed by atoms with E-state index in [9.17, 15) is 13.2 Å². The largest absolute Gasteiger partial charge is 0.324 e. The lowest BCUT2D eigenvalue weighted by molar-refractivity contribution is -0.118. The number of hydrogen-bond donors (Lipinski definition) is 2. The molecule has 0 saturated carbocycles. The maximum atomic E-state index is 13.0. The van der Waals surface area contributed by atoms with Crippen LogP contribution in [0.3, 0.4) is 0 Å². The van der Waals surface area contributed by atoms with Gasteiger partial charge in [0.15, 0.2) is 0 Å². The lowest BCUT2D eigenvalue weighted by Gasteiger charge is -2.21. The molecule has 30 heavy (non-hydrogen) atoms. The SMILES string of the molecule is Cc1nc2ccc(S(=O)(=O)NC(CC(C)C)C(=O)Nc3cccc(Cl)c3C)cc2s1. The molecule has 160 valence electrons. The molecule has 0 bridgehead atoms. The molecule has 0 aliphatic carbocycles. The summed E-state index contributed by atoms with van der Waals surface area (Å²) in [4.78, 5) is 17.4. The van der Waals surface area contributed by atoms with E-state index in [1.54, 1.807) is 37.3 Å². The van der Waals surface area contributed by atoms with Crippen molar-refractivity contribution in [3.63, 3.8) is 0 Å². The number of nitrogens with one attached hydrogen (secondary N) is 2. The van der Waals surface area contributed by atoms with E-state index in [0.29, 0.717) is 17.1 Å². The van der Waals surface area contributed by atoms with Gasteiger partial charge in [-0.1, -0.05) is 31.5 Å². The molecule has 0 spiro atoms. The highest BCUT2D eigenvalue weighted by atomic mass is 35.5. The first-order valence-electron chi connectivity index (χ1n) is 9.52. The fourth-order valence-electron chi connectivity index (χ4n) is 3.09. The van der Waals surface area contributed by atoms with E-state index in [0.717, 1.165) is 20.8 Å². The fourth-order valence-corrected chi connectivity index (χ4v) is 5.44. The summed E-state index contributed by atoms with van der Waals surface area (Å²) in [5, 5.41) is 4.20. The summed E-state index contributed by atoms with van der Waals surface area (Å²) < 4.78 is 29.4. The van der Waals surface area contributed by atoms with Gasteiger partial charge in [-0.2, -0.15) is 4.72 Å². The summed E-state index contributed by atoms with van der Waals surface area (Å²) in [6.07, 6.45) is 0.354. The topological polar surface area (TPSA) is 88.2 Å². The number of aryl methyl sites for hydroxylation is 1. The minimum atomic E-state index is -3.90. The number of benzene rings is 2. The number of fused-ring (bicyclic) bond motifs is 1. The first-order chi connectivity index (χ1) is 14.1. The van der Waals surface area contributed by atoms with Gasteiger partial charge in [-0.15, -0.1) is 11.3 Å². The number of rotatable bonds is 7. The molecule has 6 nitrogen and oxygen atoms in total. The van der Waals surface area contributed by atoms with Gasteiger partial charge < -0.3 is 5.32 Å². The zero-order chi connectivity index (χ0) is 22.1. The van der Waals surface area contributed by atoms with Gasteiger partial charge in [0.25, 0.3) is 0 Å². The summed E-state index contributed by atoms with van der Waals surface area (Å²) >= 11 is 7.56. The molecule has 1 unspecified atom stereocenters. The number of sulfonamides is 1. The van der Waals surface area contributed by atoms with Crippen molar-refractivity contribution in [2.75, 3.05) is 5.32 Å². The van der Waals surface area contributed by atoms with E-state index >= 15 is 0 Å². The quantitative estimate of drug-likeness (QED) is 0.519. The highest BCUT2D eigenvalue weighted by Gasteiger charge is 2.27. The molecule has 0 aliphatic rings. The maximum absolute atomic E-state index is 13.0. The van der Waals surface area contributed by atoms with Crippen LogP contribution in [0.15, 0.2) is 41.3 Å². The standard InChI is InChI=1S/C21H24ClN3O3S2/c1-12(2)10-19(21(26)24-17-7-5-6-16(22)13(17)3)25-30(27,28)15-8-9-18-20(11-15)29-14(4)23-18/h5-9,11-12,19,25H,10H2,1-4H3,(H,24,26). The van der Waals surface area contributed by atoms with E-state index in [1.165, 1.54) is 17.4 Å². The van der Waals surface area contributed by atoms with Crippen molar-refractivity contribution < 1.29 is 13.2 Å². The summed E-state index contributed by atoms with van der Waals surface area (Å²) in [5.41, 5.74) is 2.04. The lowest BCUT2D eigenvalue weighted by atomic mass is 10.0. The van der Waals surface area contributed by atoms with Gasteiger partial charge in [-0.3, -0.25) is 4.79 Å². The van der Waals surface area contributed by atoms with Crippen molar-refractivity contribution in [1.82, 2.24) is 9.71 Å². The van der Waals surface area contributed by atoms with Crippen LogP contribution in [0.2, 0.25) is 5.02 Å². The normalized spacial score (nSPS) is 13.0. The number of hydrogen-bond acceptors (Lipinski definition) is 5. The summed E-state index contributed by atoms with van der Waals surface area (Å²) in [7, 11) is -3.90. The van der Waals surface area contributed by atoms with Gasteiger partial charge >= 0.3 is 0 Å². The maximum Gasteiger partial charge on any atom is 0.242 e. The molecule has 1 atom stereocenters. The minimum Gasteiger partial charge on any atom is -0.324 e. The van der Waals surface area contributed by atoms with Crippen LogP contribution >= 0.6 is 22.9 Å². The molecule has 3 aromatic rings. The van der Waals surface area contributed by atoms with E-state index in [4.69, 9.17) is 11.6 Å². The van der Waals surface area contributed by atoms with Crippen LogP contribution < -0.4 is 10.0 Å². The zero-order valence-corrected chi connectivity index (χ0v) is 19.6. The Balaban J connectivity index is 1.86. The van der Waals surface area contributed by atoms with Crippen LogP contribution in [0.5, 0.6) is 0 Å². The second kappa shape index (κ2) is 9.01. The number of carbonyl (C=O) groups is 1.